The van der Waals surface area contributed by atoms with Crippen LogP contribution in [-0.2, 0) is 12.4 Å². The SMILES string of the molecule is Nc1ccc(Oc2ccc(-c3cccc(C(F)(F)F)c3)cc2C(F)(F)F)cc1. The molecule has 0 saturated carbocycles. The van der Waals surface area contributed by atoms with Gasteiger partial charge in [-0.3, -0.25) is 0 Å². The zero-order valence-electron chi connectivity index (χ0n) is 14.1. The number of anilines is 1. The van der Waals surface area contributed by atoms with E-state index in [1.54, 1.807) is 0 Å². The van der Waals surface area contributed by atoms with Gasteiger partial charge in [0.2, 0.25) is 0 Å². The number of benzene rings is 3. The van der Waals surface area contributed by atoms with Crippen LogP contribution in [0.15, 0.2) is 66.7 Å². The van der Waals surface area contributed by atoms with Crippen molar-refractivity contribution in [2.45, 2.75) is 12.4 Å². The van der Waals surface area contributed by atoms with Crippen molar-refractivity contribution in [3.8, 4) is 22.6 Å². The Bertz CT molecular complexity index is 977. The first-order valence-electron chi connectivity index (χ1n) is 7.96. The molecule has 0 aromatic heterocycles. The Labute approximate surface area is 156 Å². The van der Waals surface area contributed by atoms with Crippen LogP contribution in [0.4, 0.5) is 32.0 Å². The van der Waals surface area contributed by atoms with Gasteiger partial charge in [-0.2, -0.15) is 26.3 Å². The topological polar surface area (TPSA) is 35.2 Å². The smallest absolute Gasteiger partial charge is 0.420 e. The Hall–Kier alpha value is -3.16. The molecule has 0 aliphatic heterocycles. The van der Waals surface area contributed by atoms with Gasteiger partial charge in [0.1, 0.15) is 11.5 Å². The summed E-state index contributed by atoms with van der Waals surface area (Å²) in [6, 6.07) is 13.0. The second-order valence-corrected chi connectivity index (χ2v) is 5.96. The van der Waals surface area contributed by atoms with E-state index in [2.05, 4.69) is 0 Å². The molecular formula is C20H13F6NO. The van der Waals surface area contributed by atoms with E-state index in [4.69, 9.17) is 10.5 Å². The van der Waals surface area contributed by atoms with Crippen molar-refractivity contribution in [2.24, 2.45) is 0 Å². The van der Waals surface area contributed by atoms with Gasteiger partial charge in [0.25, 0.3) is 0 Å². The van der Waals surface area contributed by atoms with Gasteiger partial charge in [-0.1, -0.05) is 18.2 Å². The molecule has 0 radical (unpaired) electrons. The monoisotopic (exact) mass is 397 g/mol. The fourth-order valence-electron chi connectivity index (χ4n) is 2.56. The lowest BCUT2D eigenvalue weighted by Crippen LogP contribution is -2.08. The van der Waals surface area contributed by atoms with Crippen molar-refractivity contribution in [1.82, 2.24) is 0 Å². The van der Waals surface area contributed by atoms with Crippen molar-refractivity contribution in [3.05, 3.63) is 77.9 Å². The molecule has 0 fully saturated rings. The normalized spacial score (nSPS) is 12.1. The van der Waals surface area contributed by atoms with Crippen LogP contribution in [-0.4, -0.2) is 0 Å². The summed E-state index contributed by atoms with van der Waals surface area (Å²) >= 11 is 0. The van der Waals surface area contributed by atoms with Gasteiger partial charge in [-0.15, -0.1) is 0 Å². The van der Waals surface area contributed by atoms with E-state index in [9.17, 15) is 26.3 Å². The average Bonchev–Trinajstić information content (AvgIpc) is 2.62. The highest BCUT2D eigenvalue weighted by molar-refractivity contribution is 5.67. The van der Waals surface area contributed by atoms with Gasteiger partial charge in [0.15, 0.2) is 0 Å². The maximum atomic E-state index is 13.5. The summed E-state index contributed by atoms with van der Waals surface area (Å²) in [7, 11) is 0. The third-order valence-electron chi connectivity index (χ3n) is 3.92. The van der Waals surface area contributed by atoms with E-state index in [0.29, 0.717) is 5.69 Å². The number of hydrogen-bond acceptors (Lipinski definition) is 2. The predicted molar refractivity (Wildman–Crippen MR) is 92.8 cm³/mol. The molecule has 0 saturated heterocycles. The second-order valence-electron chi connectivity index (χ2n) is 5.96. The quantitative estimate of drug-likeness (QED) is 0.391. The minimum absolute atomic E-state index is 0.0110. The molecule has 3 aromatic rings. The van der Waals surface area contributed by atoms with E-state index >= 15 is 0 Å². The standard InChI is InChI=1S/C20H13F6NO/c21-19(22,23)14-3-1-2-12(10-14)13-4-9-18(17(11-13)20(24,25)26)28-16-7-5-15(27)6-8-16/h1-11H,27H2. The first-order valence-corrected chi connectivity index (χ1v) is 7.96. The number of hydrogen-bond donors (Lipinski definition) is 1. The van der Waals surface area contributed by atoms with Gasteiger partial charge < -0.3 is 10.5 Å². The maximum Gasteiger partial charge on any atom is 0.420 e. The van der Waals surface area contributed by atoms with E-state index in [1.807, 2.05) is 0 Å². The van der Waals surface area contributed by atoms with Gasteiger partial charge in [0, 0.05) is 5.69 Å². The summed E-state index contributed by atoms with van der Waals surface area (Å²) in [4.78, 5) is 0. The van der Waals surface area contributed by atoms with Gasteiger partial charge in [0.05, 0.1) is 11.1 Å². The number of rotatable bonds is 3. The molecule has 0 amide bonds. The van der Waals surface area contributed by atoms with Crippen LogP contribution in [0.2, 0.25) is 0 Å². The Kier molecular flexibility index (Phi) is 4.97. The molecule has 3 rings (SSSR count). The number of ether oxygens (including phenoxy) is 1. The molecule has 0 heterocycles. The summed E-state index contributed by atoms with van der Waals surface area (Å²) in [6.45, 7) is 0. The zero-order chi connectivity index (χ0) is 20.5. The van der Waals surface area contributed by atoms with Crippen molar-refractivity contribution in [2.75, 3.05) is 5.73 Å². The van der Waals surface area contributed by atoms with E-state index in [0.717, 1.165) is 30.3 Å². The fraction of sp³-hybridized carbons (Fsp3) is 0.100. The lowest BCUT2D eigenvalue weighted by molar-refractivity contribution is -0.139. The lowest BCUT2D eigenvalue weighted by Gasteiger charge is -2.16. The van der Waals surface area contributed by atoms with Crippen LogP contribution in [0.5, 0.6) is 11.5 Å². The molecule has 28 heavy (non-hydrogen) atoms. The van der Waals surface area contributed by atoms with Crippen LogP contribution >= 0.6 is 0 Å². The Morgan fingerprint density at radius 2 is 1.32 bits per heavy atom. The molecule has 146 valence electrons. The van der Waals surface area contributed by atoms with Crippen molar-refractivity contribution >= 4 is 5.69 Å². The molecule has 3 aromatic carbocycles. The average molecular weight is 397 g/mol. The van der Waals surface area contributed by atoms with E-state index < -0.39 is 29.2 Å². The van der Waals surface area contributed by atoms with Gasteiger partial charge in [-0.25, -0.2) is 0 Å². The van der Waals surface area contributed by atoms with Gasteiger partial charge >= 0.3 is 12.4 Å². The van der Waals surface area contributed by atoms with Gasteiger partial charge in [-0.05, 0) is 59.7 Å². The Morgan fingerprint density at radius 1 is 0.679 bits per heavy atom. The molecular weight excluding hydrogens is 384 g/mol. The fourth-order valence-corrected chi connectivity index (χ4v) is 2.56. The molecule has 0 unspecified atom stereocenters. The molecule has 0 aliphatic rings. The molecule has 2 N–H and O–H groups in total. The summed E-state index contributed by atoms with van der Waals surface area (Å²) in [5.41, 5.74) is 3.91. The molecule has 0 atom stereocenters. The van der Waals surface area contributed by atoms with Crippen LogP contribution in [0.25, 0.3) is 11.1 Å². The first kappa shape index (κ1) is 19.6. The number of nitrogens with two attached hydrogens (primary N) is 1. The second kappa shape index (κ2) is 7.10. The summed E-state index contributed by atoms with van der Waals surface area (Å²) in [5, 5.41) is 0. The summed E-state index contributed by atoms with van der Waals surface area (Å²) in [6.07, 6.45) is -9.36. The third-order valence-corrected chi connectivity index (χ3v) is 3.92. The largest absolute Gasteiger partial charge is 0.457 e. The molecule has 8 heteroatoms. The minimum atomic E-state index is -4.76. The highest BCUT2D eigenvalue weighted by Crippen LogP contribution is 2.41. The highest BCUT2D eigenvalue weighted by atomic mass is 19.4. The number of halogens is 6. The van der Waals surface area contributed by atoms with Crippen molar-refractivity contribution < 1.29 is 31.1 Å². The predicted octanol–water partition coefficient (Wildman–Crippen LogP) is 6.77. The Balaban J connectivity index is 2.03. The molecule has 0 aliphatic carbocycles. The highest BCUT2D eigenvalue weighted by Gasteiger charge is 2.35. The van der Waals surface area contributed by atoms with Crippen LogP contribution in [0, 0.1) is 0 Å². The maximum absolute atomic E-state index is 13.5. The Morgan fingerprint density at radius 3 is 1.93 bits per heavy atom. The molecule has 0 spiro atoms. The zero-order valence-corrected chi connectivity index (χ0v) is 14.1. The number of nitrogen functional groups attached to an aromatic ring is 1. The van der Waals surface area contributed by atoms with Crippen molar-refractivity contribution in [1.29, 1.82) is 0 Å². The third kappa shape index (κ3) is 4.39. The van der Waals surface area contributed by atoms with Crippen LogP contribution in [0.3, 0.4) is 0 Å². The van der Waals surface area contributed by atoms with E-state index in [-0.39, 0.29) is 16.9 Å². The number of alkyl halides is 6. The van der Waals surface area contributed by atoms with Crippen LogP contribution < -0.4 is 10.5 Å². The van der Waals surface area contributed by atoms with E-state index in [1.165, 1.54) is 36.4 Å². The molecule has 2 nitrogen and oxygen atoms in total. The summed E-state index contributed by atoms with van der Waals surface area (Å²) in [5.74, 6) is -0.320. The van der Waals surface area contributed by atoms with Crippen molar-refractivity contribution in [3.63, 3.8) is 0 Å². The minimum Gasteiger partial charge on any atom is -0.457 e. The van der Waals surface area contributed by atoms with Crippen LogP contribution in [0.1, 0.15) is 11.1 Å². The lowest BCUT2D eigenvalue weighted by atomic mass is 10.00. The first-order chi connectivity index (χ1) is 13.0. The summed E-state index contributed by atoms with van der Waals surface area (Å²) < 4.78 is 84.4. The molecule has 0 bridgehead atoms.